The monoisotopic (exact) mass is 323 g/mol. The second-order valence-electron chi connectivity index (χ2n) is 4.42. The number of rotatable bonds is 6. The van der Waals surface area contributed by atoms with E-state index in [1.807, 2.05) is 24.3 Å². The van der Waals surface area contributed by atoms with Crippen LogP contribution >= 0.6 is 23.4 Å². The molecule has 0 atom stereocenters. The van der Waals surface area contributed by atoms with E-state index in [1.165, 1.54) is 6.07 Å². The summed E-state index contributed by atoms with van der Waals surface area (Å²) in [5, 5.41) is 3.49. The maximum absolute atomic E-state index is 13.4. The van der Waals surface area contributed by atoms with Gasteiger partial charge in [-0.2, -0.15) is 0 Å². The lowest BCUT2D eigenvalue weighted by atomic mass is 10.1. The Balaban J connectivity index is 1.70. The topological polar surface area (TPSA) is 29.1 Å². The molecule has 2 aromatic rings. The molecule has 2 nitrogen and oxygen atoms in total. The Kier molecular flexibility index (Phi) is 6.08. The van der Waals surface area contributed by atoms with Gasteiger partial charge in [0.05, 0.1) is 6.42 Å². The van der Waals surface area contributed by atoms with Crippen molar-refractivity contribution < 1.29 is 9.18 Å². The Morgan fingerprint density at radius 2 is 1.86 bits per heavy atom. The van der Waals surface area contributed by atoms with E-state index in [1.54, 1.807) is 30.0 Å². The maximum atomic E-state index is 13.4. The first-order valence-corrected chi connectivity index (χ1v) is 7.90. The summed E-state index contributed by atoms with van der Waals surface area (Å²) in [6.45, 7) is 0.542. The molecule has 0 saturated heterocycles. The third-order valence-electron chi connectivity index (χ3n) is 2.82. The molecule has 0 aliphatic carbocycles. The summed E-state index contributed by atoms with van der Waals surface area (Å²) in [5.41, 5.74) is 0.417. The van der Waals surface area contributed by atoms with Crippen LogP contribution in [0.25, 0.3) is 0 Å². The van der Waals surface area contributed by atoms with Gasteiger partial charge in [-0.15, -0.1) is 11.8 Å². The first kappa shape index (κ1) is 15.9. The number of benzene rings is 2. The zero-order valence-corrected chi connectivity index (χ0v) is 12.9. The molecule has 0 aromatic heterocycles. The molecule has 110 valence electrons. The molecule has 0 aliphatic heterocycles. The molecule has 21 heavy (non-hydrogen) atoms. The lowest BCUT2D eigenvalue weighted by Crippen LogP contribution is -2.27. The molecule has 0 bridgehead atoms. The van der Waals surface area contributed by atoms with Crippen molar-refractivity contribution in [3.8, 4) is 0 Å². The van der Waals surface area contributed by atoms with E-state index in [-0.39, 0.29) is 18.1 Å². The first-order chi connectivity index (χ1) is 10.1. The van der Waals surface area contributed by atoms with Gasteiger partial charge in [0, 0.05) is 22.2 Å². The molecule has 0 heterocycles. The molecule has 5 heteroatoms. The molecular weight excluding hydrogens is 309 g/mol. The second-order valence-corrected chi connectivity index (χ2v) is 6.03. The Morgan fingerprint density at radius 3 is 2.57 bits per heavy atom. The largest absolute Gasteiger partial charge is 0.355 e. The maximum Gasteiger partial charge on any atom is 0.224 e. The molecule has 0 unspecified atom stereocenters. The SMILES string of the molecule is O=C(Cc1ccccc1F)NCCSc1ccc(Cl)cc1. The first-order valence-electron chi connectivity index (χ1n) is 6.53. The summed E-state index contributed by atoms with van der Waals surface area (Å²) >= 11 is 7.44. The third-order valence-corrected chi connectivity index (χ3v) is 4.08. The van der Waals surface area contributed by atoms with Crippen LogP contribution in [0.4, 0.5) is 4.39 Å². The molecule has 0 fully saturated rings. The van der Waals surface area contributed by atoms with Crippen molar-refractivity contribution in [2.45, 2.75) is 11.3 Å². The lowest BCUT2D eigenvalue weighted by molar-refractivity contribution is -0.120. The highest BCUT2D eigenvalue weighted by Gasteiger charge is 2.06. The summed E-state index contributed by atoms with van der Waals surface area (Å²) in [6.07, 6.45) is 0.0677. The predicted octanol–water partition coefficient (Wildman–Crippen LogP) is 3.93. The van der Waals surface area contributed by atoms with Crippen LogP contribution in [0.15, 0.2) is 53.4 Å². The van der Waals surface area contributed by atoms with E-state index >= 15 is 0 Å². The molecule has 2 aromatic carbocycles. The van der Waals surface area contributed by atoms with Gasteiger partial charge in [0.15, 0.2) is 0 Å². The summed E-state index contributed by atoms with van der Waals surface area (Å²) in [5.74, 6) is 0.241. The molecule has 0 saturated carbocycles. The molecule has 1 amide bonds. The van der Waals surface area contributed by atoms with E-state index < -0.39 is 0 Å². The van der Waals surface area contributed by atoms with E-state index in [4.69, 9.17) is 11.6 Å². The molecular formula is C16H15ClFNOS. The fraction of sp³-hybridized carbons (Fsp3) is 0.188. The Bertz CT molecular complexity index is 603. The molecule has 0 aliphatic rings. The smallest absolute Gasteiger partial charge is 0.224 e. The van der Waals surface area contributed by atoms with Crippen molar-refractivity contribution in [3.63, 3.8) is 0 Å². The Morgan fingerprint density at radius 1 is 1.14 bits per heavy atom. The van der Waals surface area contributed by atoms with Gasteiger partial charge >= 0.3 is 0 Å². The fourth-order valence-electron chi connectivity index (χ4n) is 1.77. The van der Waals surface area contributed by atoms with Gasteiger partial charge in [0.25, 0.3) is 0 Å². The third kappa shape index (κ3) is 5.40. The van der Waals surface area contributed by atoms with E-state index in [0.29, 0.717) is 17.1 Å². The van der Waals surface area contributed by atoms with E-state index in [9.17, 15) is 9.18 Å². The van der Waals surface area contributed by atoms with Gasteiger partial charge in [0.1, 0.15) is 5.82 Å². The van der Waals surface area contributed by atoms with Crippen molar-refractivity contribution in [2.75, 3.05) is 12.3 Å². The zero-order chi connectivity index (χ0) is 15.1. The van der Waals surface area contributed by atoms with Crippen LogP contribution in [0.3, 0.4) is 0 Å². The highest BCUT2D eigenvalue weighted by Crippen LogP contribution is 2.19. The summed E-state index contributed by atoms with van der Waals surface area (Å²) in [7, 11) is 0. The number of nitrogens with one attached hydrogen (secondary N) is 1. The zero-order valence-electron chi connectivity index (χ0n) is 11.3. The number of amides is 1. The van der Waals surface area contributed by atoms with Crippen LogP contribution in [0.5, 0.6) is 0 Å². The van der Waals surface area contributed by atoms with Crippen LogP contribution in [-0.2, 0) is 11.2 Å². The van der Waals surface area contributed by atoms with Crippen LogP contribution in [0.1, 0.15) is 5.56 Å². The van der Waals surface area contributed by atoms with Crippen molar-refractivity contribution in [1.82, 2.24) is 5.32 Å². The van der Waals surface area contributed by atoms with Crippen LogP contribution in [-0.4, -0.2) is 18.2 Å². The average Bonchev–Trinajstić information content (AvgIpc) is 2.48. The van der Waals surface area contributed by atoms with Crippen molar-refractivity contribution in [1.29, 1.82) is 0 Å². The standard InChI is InChI=1S/C16H15ClFNOS/c17-13-5-7-14(8-6-13)21-10-9-19-16(20)11-12-3-1-2-4-15(12)18/h1-8H,9-11H2,(H,19,20). The Hall–Kier alpha value is -1.52. The minimum Gasteiger partial charge on any atom is -0.355 e. The van der Waals surface area contributed by atoms with Gasteiger partial charge in [0.2, 0.25) is 5.91 Å². The number of carbonyl (C=O) groups excluding carboxylic acids is 1. The number of carbonyl (C=O) groups is 1. The van der Waals surface area contributed by atoms with Gasteiger partial charge in [-0.3, -0.25) is 4.79 Å². The molecule has 2 rings (SSSR count). The number of hydrogen-bond acceptors (Lipinski definition) is 2. The minimum absolute atomic E-state index is 0.0677. The number of halogens is 2. The van der Waals surface area contributed by atoms with Crippen LogP contribution in [0.2, 0.25) is 5.02 Å². The van der Waals surface area contributed by atoms with Crippen LogP contribution < -0.4 is 5.32 Å². The Labute approximate surface area is 132 Å². The summed E-state index contributed by atoms with van der Waals surface area (Å²) < 4.78 is 13.4. The normalized spacial score (nSPS) is 10.4. The van der Waals surface area contributed by atoms with Gasteiger partial charge in [-0.05, 0) is 35.9 Å². The van der Waals surface area contributed by atoms with Crippen molar-refractivity contribution >= 4 is 29.3 Å². The summed E-state index contributed by atoms with van der Waals surface area (Å²) in [6, 6.07) is 13.9. The quantitative estimate of drug-likeness (QED) is 0.644. The average molecular weight is 324 g/mol. The van der Waals surface area contributed by atoms with Gasteiger partial charge in [-0.25, -0.2) is 4.39 Å². The van der Waals surface area contributed by atoms with Crippen molar-refractivity contribution in [2.24, 2.45) is 0 Å². The van der Waals surface area contributed by atoms with Gasteiger partial charge in [-0.1, -0.05) is 29.8 Å². The number of hydrogen-bond donors (Lipinski definition) is 1. The second kappa shape index (κ2) is 8.05. The highest BCUT2D eigenvalue weighted by atomic mass is 35.5. The molecule has 0 spiro atoms. The van der Waals surface area contributed by atoms with Crippen LogP contribution in [0, 0.1) is 5.82 Å². The lowest BCUT2D eigenvalue weighted by Gasteiger charge is -2.06. The predicted molar refractivity (Wildman–Crippen MR) is 85.3 cm³/mol. The van der Waals surface area contributed by atoms with E-state index in [2.05, 4.69) is 5.32 Å². The van der Waals surface area contributed by atoms with Gasteiger partial charge < -0.3 is 5.32 Å². The molecule has 1 N–H and O–H groups in total. The van der Waals surface area contributed by atoms with Crippen molar-refractivity contribution in [3.05, 3.63) is 64.9 Å². The molecule has 0 radical (unpaired) electrons. The minimum atomic E-state index is -0.344. The summed E-state index contributed by atoms with van der Waals surface area (Å²) in [4.78, 5) is 12.8. The highest BCUT2D eigenvalue weighted by molar-refractivity contribution is 7.99. The fourth-order valence-corrected chi connectivity index (χ4v) is 2.66. The number of thioether (sulfide) groups is 1. The van der Waals surface area contributed by atoms with E-state index in [0.717, 1.165) is 10.6 Å².